The lowest BCUT2D eigenvalue weighted by Crippen LogP contribution is -2.19. The monoisotopic (exact) mass is 243 g/mol. The summed E-state index contributed by atoms with van der Waals surface area (Å²) in [7, 11) is 0. The zero-order valence-corrected chi connectivity index (χ0v) is 11.1. The summed E-state index contributed by atoms with van der Waals surface area (Å²) in [6.07, 6.45) is 3.91. The van der Waals surface area contributed by atoms with Crippen LogP contribution in [0.1, 0.15) is 37.1 Å². The lowest BCUT2D eigenvalue weighted by Gasteiger charge is -2.18. The standard InChI is InChI=1S/C15H21N3/c1-12(2)15-17-8-9-18(15)11-14(10-16)13-6-4-3-5-7-13/h3-9,12,14H,10-11,16H2,1-2H3. The van der Waals surface area contributed by atoms with Gasteiger partial charge in [-0.3, -0.25) is 0 Å². The Morgan fingerprint density at radius 1 is 1.22 bits per heavy atom. The van der Waals surface area contributed by atoms with Crippen LogP contribution in [-0.4, -0.2) is 16.1 Å². The fraction of sp³-hybridized carbons (Fsp3) is 0.400. The van der Waals surface area contributed by atoms with Crippen LogP contribution < -0.4 is 5.73 Å². The second-order valence-electron chi connectivity index (χ2n) is 4.94. The van der Waals surface area contributed by atoms with Crippen molar-refractivity contribution >= 4 is 0 Å². The van der Waals surface area contributed by atoms with Crippen LogP contribution in [0.2, 0.25) is 0 Å². The molecule has 1 atom stereocenters. The molecule has 0 amide bonds. The van der Waals surface area contributed by atoms with Crippen LogP contribution in [0.5, 0.6) is 0 Å². The highest BCUT2D eigenvalue weighted by atomic mass is 15.1. The minimum Gasteiger partial charge on any atom is -0.334 e. The predicted octanol–water partition coefficient (Wildman–Crippen LogP) is 2.75. The zero-order chi connectivity index (χ0) is 13.0. The van der Waals surface area contributed by atoms with Crippen LogP contribution in [0, 0.1) is 0 Å². The van der Waals surface area contributed by atoms with E-state index in [0.717, 1.165) is 12.4 Å². The van der Waals surface area contributed by atoms with Gasteiger partial charge in [0.2, 0.25) is 0 Å². The van der Waals surface area contributed by atoms with Gasteiger partial charge in [0, 0.05) is 37.3 Å². The van der Waals surface area contributed by atoms with E-state index in [1.165, 1.54) is 5.56 Å². The Balaban J connectivity index is 2.18. The molecule has 1 unspecified atom stereocenters. The van der Waals surface area contributed by atoms with Crippen LogP contribution in [0.3, 0.4) is 0 Å². The number of rotatable bonds is 5. The van der Waals surface area contributed by atoms with E-state index in [2.05, 4.69) is 47.7 Å². The van der Waals surface area contributed by atoms with Crippen molar-refractivity contribution in [2.75, 3.05) is 6.54 Å². The summed E-state index contributed by atoms with van der Waals surface area (Å²) in [5.41, 5.74) is 7.21. The Morgan fingerprint density at radius 3 is 2.56 bits per heavy atom. The fourth-order valence-electron chi connectivity index (χ4n) is 2.25. The minimum atomic E-state index is 0.345. The highest BCUT2D eigenvalue weighted by Gasteiger charge is 2.13. The van der Waals surface area contributed by atoms with Gasteiger partial charge in [-0.15, -0.1) is 0 Å². The second-order valence-corrected chi connectivity index (χ2v) is 4.94. The van der Waals surface area contributed by atoms with E-state index in [4.69, 9.17) is 5.73 Å². The topological polar surface area (TPSA) is 43.8 Å². The first-order valence-electron chi connectivity index (χ1n) is 6.48. The van der Waals surface area contributed by atoms with Gasteiger partial charge in [0.05, 0.1) is 0 Å². The van der Waals surface area contributed by atoms with Crippen molar-refractivity contribution in [2.45, 2.75) is 32.2 Å². The highest BCUT2D eigenvalue weighted by Crippen LogP contribution is 2.19. The van der Waals surface area contributed by atoms with Crippen molar-refractivity contribution in [1.82, 2.24) is 9.55 Å². The van der Waals surface area contributed by atoms with Gasteiger partial charge in [-0.25, -0.2) is 4.98 Å². The molecule has 0 bridgehead atoms. The molecule has 0 saturated carbocycles. The van der Waals surface area contributed by atoms with Gasteiger partial charge in [0.15, 0.2) is 0 Å². The molecule has 0 spiro atoms. The maximum Gasteiger partial charge on any atom is 0.111 e. The third kappa shape index (κ3) is 2.79. The molecular formula is C15H21N3. The van der Waals surface area contributed by atoms with E-state index in [9.17, 15) is 0 Å². The van der Waals surface area contributed by atoms with Gasteiger partial charge in [-0.2, -0.15) is 0 Å². The van der Waals surface area contributed by atoms with E-state index >= 15 is 0 Å². The van der Waals surface area contributed by atoms with Gasteiger partial charge in [0.25, 0.3) is 0 Å². The lowest BCUT2D eigenvalue weighted by atomic mass is 9.99. The summed E-state index contributed by atoms with van der Waals surface area (Å²) in [6.45, 7) is 5.88. The highest BCUT2D eigenvalue weighted by molar-refractivity contribution is 5.20. The molecule has 1 aromatic heterocycles. The largest absolute Gasteiger partial charge is 0.334 e. The predicted molar refractivity (Wildman–Crippen MR) is 74.6 cm³/mol. The number of hydrogen-bond donors (Lipinski definition) is 1. The molecule has 0 aliphatic carbocycles. The number of nitrogens with zero attached hydrogens (tertiary/aromatic N) is 2. The van der Waals surface area contributed by atoms with Crippen LogP contribution in [0.4, 0.5) is 0 Å². The molecule has 2 N–H and O–H groups in total. The van der Waals surface area contributed by atoms with Crippen LogP contribution in [-0.2, 0) is 6.54 Å². The molecule has 0 radical (unpaired) electrons. The minimum absolute atomic E-state index is 0.345. The molecule has 0 fully saturated rings. The van der Waals surface area contributed by atoms with Crippen molar-refractivity contribution in [2.24, 2.45) is 5.73 Å². The average molecular weight is 243 g/mol. The zero-order valence-electron chi connectivity index (χ0n) is 11.1. The van der Waals surface area contributed by atoms with Crippen LogP contribution >= 0.6 is 0 Å². The van der Waals surface area contributed by atoms with Gasteiger partial charge in [-0.1, -0.05) is 44.2 Å². The van der Waals surface area contributed by atoms with E-state index in [0.29, 0.717) is 18.4 Å². The quantitative estimate of drug-likeness (QED) is 0.877. The van der Waals surface area contributed by atoms with E-state index in [1.54, 1.807) is 0 Å². The number of nitrogens with two attached hydrogens (primary N) is 1. The van der Waals surface area contributed by atoms with Crippen LogP contribution in [0.15, 0.2) is 42.7 Å². The first kappa shape index (κ1) is 12.8. The molecule has 1 heterocycles. The molecule has 0 aliphatic rings. The SMILES string of the molecule is CC(C)c1nccn1CC(CN)c1ccccc1. The molecular weight excluding hydrogens is 222 g/mol. The molecule has 3 nitrogen and oxygen atoms in total. The smallest absolute Gasteiger partial charge is 0.111 e. The third-order valence-corrected chi connectivity index (χ3v) is 3.24. The summed E-state index contributed by atoms with van der Waals surface area (Å²) < 4.78 is 2.22. The molecule has 3 heteroatoms. The molecule has 1 aromatic carbocycles. The number of imidazole rings is 1. The summed E-state index contributed by atoms with van der Waals surface area (Å²) in [5, 5.41) is 0. The average Bonchev–Trinajstić information content (AvgIpc) is 2.85. The maximum atomic E-state index is 5.91. The van der Waals surface area contributed by atoms with Crippen molar-refractivity contribution in [3.8, 4) is 0 Å². The van der Waals surface area contributed by atoms with E-state index in [1.807, 2.05) is 18.5 Å². The number of hydrogen-bond acceptors (Lipinski definition) is 2. The maximum absolute atomic E-state index is 5.91. The van der Waals surface area contributed by atoms with Gasteiger partial charge in [0.1, 0.15) is 5.82 Å². The number of benzene rings is 1. The summed E-state index contributed by atoms with van der Waals surface area (Å²) in [6, 6.07) is 10.4. The molecule has 18 heavy (non-hydrogen) atoms. The third-order valence-electron chi connectivity index (χ3n) is 3.24. The normalized spacial score (nSPS) is 12.9. The molecule has 96 valence electrons. The Bertz CT molecular complexity index is 473. The summed E-state index contributed by atoms with van der Waals surface area (Å²) in [4.78, 5) is 4.42. The summed E-state index contributed by atoms with van der Waals surface area (Å²) >= 11 is 0. The Labute approximate surface area is 109 Å². The van der Waals surface area contributed by atoms with E-state index < -0.39 is 0 Å². The first-order valence-corrected chi connectivity index (χ1v) is 6.48. The Morgan fingerprint density at radius 2 is 1.94 bits per heavy atom. The van der Waals surface area contributed by atoms with Gasteiger partial charge in [-0.05, 0) is 5.56 Å². The van der Waals surface area contributed by atoms with Gasteiger partial charge >= 0.3 is 0 Å². The van der Waals surface area contributed by atoms with Crippen molar-refractivity contribution < 1.29 is 0 Å². The van der Waals surface area contributed by atoms with Gasteiger partial charge < -0.3 is 10.3 Å². The first-order chi connectivity index (χ1) is 8.72. The second kappa shape index (κ2) is 5.83. The van der Waals surface area contributed by atoms with Crippen molar-refractivity contribution in [3.05, 3.63) is 54.1 Å². The van der Waals surface area contributed by atoms with Crippen LogP contribution in [0.25, 0.3) is 0 Å². The van der Waals surface area contributed by atoms with Crippen molar-refractivity contribution in [1.29, 1.82) is 0 Å². The Kier molecular flexibility index (Phi) is 4.15. The van der Waals surface area contributed by atoms with E-state index in [-0.39, 0.29) is 0 Å². The fourth-order valence-corrected chi connectivity index (χ4v) is 2.25. The Hall–Kier alpha value is -1.61. The molecule has 0 saturated heterocycles. The molecule has 2 rings (SSSR count). The van der Waals surface area contributed by atoms with Crippen molar-refractivity contribution in [3.63, 3.8) is 0 Å². The molecule has 2 aromatic rings. The lowest BCUT2D eigenvalue weighted by molar-refractivity contribution is 0.535. The molecule has 0 aliphatic heterocycles. The number of aromatic nitrogens is 2. The summed E-state index contributed by atoms with van der Waals surface area (Å²) in [5.74, 6) is 1.91.